The van der Waals surface area contributed by atoms with Gasteiger partial charge in [0.1, 0.15) is 0 Å². The molecule has 0 radical (unpaired) electrons. The van der Waals surface area contributed by atoms with Crippen molar-refractivity contribution in [2.75, 3.05) is 0 Å². The molecule has 144 valence electrons. The molecular weight excluding hydrogens is 352 g/mol. The Morgan fingerprint density at radius 1 is 0.963 bits per heavy atom. The predicted octanol–water partition coefficient (Wildman–Crippen LogP) is 4.06. The molecule has 0 aliphatic heterocycles. The van der Waals surface area contributed by atoms with E-state index in [-0.39, 0.29) is 17.1 Å². The van der Waals surface area contributed by atoms with Crippen molar-refractivity contribution in [2.45, 2.75) is 51.7 Å². The van der Waals surface area contributed by atoms with E-state index in [1.54, 1.807) is 0 Å². The summed E-state index contributed by atoms with van der Waals surface area (Å²) in [4.78, 5) is 12.0. The number of benzene rings is 2. The normalized spacial score (nSPS) is 23.3. The zero-order chi connectivity index (χ0) is 19.7. The summed E-state index contributed by atoms with van der Waals surface area (Å²) in [5.41, 5.74) is 0. The monoisotopic (exact) mass is 382 g/mol. The van der Waals surface area contributed by atoms with Crippen LogP contribution in [0.4, 0.5) is 0 Å². The van der Waals surface area contributed by atoms with Gasteiger partial charge in [0.25, 0.3) is 8.32 Å². The Kier molecular flexibility index (Phi) is 5.59. The van der Waals surface area contributed by atoms with Gasteiger partial charge in [0.2, 0.25) is 0 Å². The SMILES string of the molecule is CC1CCC(O[Si](c2ccccc2)(c2ccccc2)C(C)(C)C)C1C(=O)O. The van der Waals surface area contributed by atoms with E-state index in [1.165, 1.54) is 10.4 Å². The molecule has 0 amide bonds. The van der Waals surface area contributed by atoms with E-state index in [0.717, 1.165) is 12.8 Å². The first-order chi connectivity index (χ1) is 12.8. The highest BCUT2D eigenvalue weighted by molar-refractivity contribution is 6.99. The highest BCUT2D eigenvalue weighted by Gasteiger charge is 2.54. The summed E-state index contributed by atoms with van der Waals surface area (Å²) in [5, 5.41) is 12.1. The summed E-state index contributed by atoms with van der Waals surface area (Å²) in [6.45, 7) is 8.72. The van der Waals surface area contributed by atoms with Gasteiger partial charge in [-0.25, -0.2) is 0 Å². The fourth-order valence-corrected chi connectivity index (χ4v) is 9.34. The third kappa shape index (κ3) is 3.61. The highest BCUT2D eigenvalue weighted by Crippen LogP contribution is 2.42. The smallest absolute Gasteiger partial charge is 0.309 e. The summed E-state index contributed by atoms with van der Waals surface area (Å²) >= 11 is 0. The molecule has 0 spiro atoms. The highest BCUT2D eigenvalue weighted by atomic mass is 28.4. The molecule has 0 heterocycles. The molecule has 3 nitrogen and oxygen atoms in total. The number of rotatable bonds is 5. The van der Waals surface area contributed by atoms with E-state index in [9.17, 15) is 9.90 Å². The summed E-state index contributed by atoms with van der Waals surface area (Å²) in [6.07, 6.45) is 1.46. The molecule has 4 heteroatoms. The van der Waals surface area contributed by atoms with Crippen molar-refractivity contribution in [1.82, 2.24) is 0 Å². The second-order valence-corrected chi connectivity index (χ2v) is 13.0. The maximum Gasteiger partial charge on any atom is 0.309 e. The zero-order valence-electron chi connectivity index (χ0n) is 16.7. The van der Waals surface area contributed by atoms with E-state index >= 15 is 0 Å². The van der Waals surface area contributed by atoms with Crippen molar-refractivity contribution in [3.63, 3.8) is 0 Å². The fourth-order valence-electron chi connectivity index (χ4n) is 4.61. The van der Waals surface area contributed by atoms with Gasteiger partial charge < -0.3 is 9.53 Å². The summed E-state index contributed by atoms with van der Waals surface area (Å²) in [5.74, 6) is -1.03. The van der Waals surface area contributed by atoms with Crippen LogP contribution >= 0.6 is 0 Å². The Hall–Kier alpha value is -1.91. The first-order valence-electron chi connectivity index (χ1n) is 9.79. The topological polar surface area (TPSA) is 46.5 Å². The number of hydrogen-bond donors (Lipinski definition) is 1. The Labute approximate surface area is 163 Å². The average Bonchev–Trinajstić information content (AvgIpc) is 3.00. The van der Waals surface area contributed by atoms with Crippen molar-refractivity contribution in [1.29, 1.82) is 0 Å². The minimum absolute atomic E-state index is 0.134. The van der Waals surface area contributed by atoms with Crippen LogP contribution in [0.3, 0.4) is 0 Å². The lowest BCUT2D eigenvalue weighted by Crippen LogP contribution is -2.68. The number of hydrogen-bond acceptors (Lipinski definition) is 2. The minimum Gasteiger partial charge on any atom is -0.481 e. The van der Waals surface area contributed by atoms with Crippen molar-refractivity contribution in [3.05, 3.63) is 60.7 Å². The fraction of sp³-hybridized carbons (Fsp3) is 0.435. The van der Waals surface area contributed by atoms with Gasteiger partial charge in [-0.2, -0.15) is 0 Å². The number of carboxylic acid groups (broad SMARTS) is 1. The third-order valence-corrected chi connectivity index (χ3v) is 11.0. The predicted molar refractivity (Wildman–Crippen MR) is 112 cm³/mol. The first kappa shape index (κ1) is 19.8. The average molecular weight is 383 g/mol. The largest absolute Gasteiger partial charge is 0.481 e. The van der Waals surface area contributed by atoms with Crippen LogP contribution in [-0.2, 0) is 9.22 Å². The van der Waals surface area contributed by atoms with Crippen molar-refractivity contribution in [3.8, 4) is 0 Å². The Morgan fingerprint density at radius 2 is 1.44 bits per heavy atom. The Bertz CT molecular complexity index is 728. The van der Waals surface area contributed by atoms with Gasteiger partial charge in [-0.05, 0) is 34.2 Å². The van der Waals surface area contributed by atoms with Gasteiger partial charge in [0, 0.05) is 0 Å². The lowest BCUT2D eigenvalue weighted by atomic mass is 9.97. The second kappa shape index (κ2) is 7.61. The number of aliphatic carboxylic acids is 1. The summed E-state index contributed by atoms with van der Waals surface area (Å²) < 4.78 is 7.04. The van der Waals surface area contributed by atoms with Gasteiger partial charge in [-0.1, -0.05) is 88.4 Å². The zero-order valence-corrected chi connectivity index (χ0v) is 17.7. The number of carbonyl (C=O) groups is 1. The standard InChI is InChI=1S/C23H30O3Si/c1-17-15-16-20(21(17)22(24)25)26-27(23(2,3)4,18-11-7-5-8-12-18)19-13-9-6-10-14-19/h5-14,17,20-21H,15-16H2,1-4H3,(H,24,25). The van der Waals surface area contributed by atoms with Gasteiger partial charge in [0.05, 0.1) is 12.0 Å². The molecule has 3 unspecified atom stereocenters. The Morgan fingerprint density at radius 3 is 1.85 bits per heavy atom. The molecule has 0 saturated heterocycles. The summed E-state index contributed by atoms with van der Waals surface area (Å²) in [7, 11) is -2.69. The van der Waals surface area contributed by atoms with Crippen LogP contribution in [0.5, 0.6) is 0 Å². The van der Waals surface area contributed by atoms with Crippen LogP contribution in [0.15, 0.2) is 60.7 Å². The molecule has 1 aliphatic rings. The van der Waals surface area contributed by atoms with Crippen LogP contribution in [0.25, 0.3) is 0 Å². The summed E-state index contributed by atoms with van der Waals surface area (Å²) in [6, 6.07) is 20.9. The third-order valence-electron chi connectivity index (χ3n) is 5.95. The van der Waals surface area contributed by atoms with Crippen molar-refractivity contribution < 1.29 is 14.3 Å². The van der Waals surface area contributed by atoms with Crippen molar-refractivity contribution >= 4 is 24.7 Å². The van der Waals surface area contributed by atoms with Gasteiger partial charge >= 0.3 is 5.97 Å². The lowest BCUT2D eigenvalue weighted by molar-refractivity contribution is -0.145. The Balaban J connectivity index is 2.17. The molecule has 1 aliphatic carbocycles. The minimum atomic E-state index is -2.69. The van der Waals surface area contributed by atoms with Crippen LogP contribution in [0.2, 0.25) is 5.04 Å². The van der Waals surface area contributed by atoms with Gasteiger partial charge in [-0.3, -0.25) is 4.79 Å². The lowest BCUT2D eigenvalue weighted by Gasteiger charge is -2.45. The second-order valence-electron chi connectivity index (χ2n) is 8.74. The molecule has 3 rings (SSSR count). The molecule has 2 aromatic carbocycles. The molecule has 0 bridgehead atoms. The van der Waals surface area contributed by atoms with Crippen molar-refractivity contribution in [2.24, 2.45) is 11.8 Å². The molecule has 0 aromatic heterocycles. The van der Waals surface area contributed by atoms with E-state index < -0.39 is 20.2 Å². The van der Waals surface area contributed by atoms with Crippen LogP contribution < -0.4 is 10.4 Å². The molecular formula is C23H30O3Si. The molecule has 1 N–H and O–H groups in total. The number of carboxylic acids is 1. The van der Waals surface area contributed by atoms with Crippen LogP contribution in [0.1, 0.15) is 40.5 Å². The first-order valence-corrected chi connectivity index (χ1v) is 11.7. The maximum atomic E-state index is 12.0. The van der Waals surface area contributed by atoms with E-state index in [2.05, 4.69) is 69.3 Å². The maximum absolute atomic E-state index is 12.0. The molecule has 1 fully saturated rings. The van der Waals surface area contributed by atoms with Gasteiger partial charge in [0.15, 0.2) is 0 Å². The van der Waals surface area contributed by atoms with Gasteiger partial charge in [-0.15, -0.1) is 0 Å². The molecule has 2 aromatic rings. The van der Waals surface area contributed by atoms with Crippen LogP contribution in [-0.4, -0.2) is 25.5 Å². The van der Waals surface area contributed by atoms with E-state index in [4.69, 9.17) is 4.43 Å². The molecule has 1 saturated carbocycles. The van der Waals surface area contributed by atoms with E-state index in [0.29, 0.717) is 0 Å². The molecule has 27 heavy (non-hydrogen) atoms. The van der Waals surface area contributed by atoms with E-state index in [1.807, 2.05) is 19.1 Å². The molecule has 3 atom stereocenters. The van der Waals surface area contributed by atoms with Crippen LogP contribution in [0, 0.1) is 11.8 Å². The quantitative estimate of drug-likeness (QED) is 0.793.